The summed E-state index contributed by atoms with van der Waals surface area (Å²) in [4.78, 5) is 25.3. The SMILES string of the molecule is CCOC(=O)c1ccc(C)c(NC(=O)C(C)Sc2ccccc2)c1. The molecule has 5 heteroatoms. The number of rotatable bonds is 6. The van der Waals surface area contributed by atoms with Crippen molar-refractivity contribution < 1.29 is 14.3 Å². The van der Waals surface area contributed by atoms with Gasteiger partial charge in [-0.15, -0.1) is 11.8 Å². The van der Waals surface area contributed by atoms with E-state index in [1.165, 1.54) is 11.8 Å². The molecule has 0 radical (unpaired) electrons. The maximum atomic E-state index is 12.4. The van der Waals surface area contributed by atoms with Crippen LogP contribution in [0.25, 0.3) is 0 Å². The fourth-order valence-electron chi connectivity index (χ4n) is 2.09. The lowest BCUT2D eigenvalue weighted by Crippen LogP contribution is -2.23. The fourth-order valence-corrected chi connectivity index (χ4v) is 2.98. The highest BCUT2D eigenvalue weighted by Gasteiger charge is 2.16. The van der Waals surface area contributed by atoms with Crippen molar-refractivity contribution in [1.82, 2.24) is 0 Å². The molecule has 1 atom stereocenters. The molecule has 24 heavy (non-hydrogen) atoms. The van der Waals surface area contributed by atoms with Gasteiger partial charge in [0.25, 0.3) is 0 Å². The molecule has 2 aromatic carbocycles. The summed E-state index contributed by atoms with van der Waals surface area (Å²) in [6, 6.07) is 14.9. The maximum Gasteiger partial charge on any atom is 0.338 e. The van der Waals surface area contributed by atoms with Gasteiger partial charge in [0.05, 0.1) is 17.4 Å². The molecule has 0 bridgehead atoms. The van der Waals surface area contributed by atoms with Gasteiger partial charge in [-0.05, 0) is 50.6 Å². The normalized spacial score (nSPS) is 11.6. The number of hydrogen-bond donors (Lipinski definition) is 1. The fraction of sp³-hybridized carbons (Fsp3) is 0.263. The van der Waals surface area contributed by atoms with E-state index in [0.717, 1.165) is 10.5 Å². The second kappa shape index (κ2) is 8.55. The van der Waals surface area contributed by atoms with Gasteiger partial charge in [0.1, 0.15) is 0 Å². The smallest absolute Gasteiger partial charge is 0.338 e. The Morgan fingerprint density at radius 1 is 1.17 bits per heavy atom. The molecule has 2 rings (SSSR count). The van der Waals surface area contributed by atoms with Crippen LogP contribution in [0.3, 0.4) is 0 Å². The number of benzene rings is 2. The molecule has 0 saturated carbocycles. The number of hydrogen-bond acceptors (Lipinski definition) is 4. The highest BCUT2D eigenvalue weighted by atomic mass is 32.2. The van der Waals surface area contributed by atoms with Crippen molar-refractivity contribution in [2.24, 2.45) is 0 Å². The molecule has 0 aliphatic rings. The van der Waals surface area contributed by atoms with Gasteiger partial charge in [-0.3, -0.25) is 4.79 Å². The molecule has 0 fully saturated rings. The van der Waals surface area contributed by atoms with Crippen LogP contribution in [0.4, 0.5) is 5.69 Å². The predicted molar refractivity (Wildman–Crippen MR) is 97.5 cm³/mol. The van der Waals surface area contributed by atoms with Crippen LogP contribution in [-0.4, -0.2) is 23.7 Å². The Bertz CT molecular complexity index is 716. The molecule has 1 unspecified atom stereocenters. The minimum Gasteiger partial charge on any atom is -0.462 e. The van der Waals surface area contributed by atoms with Gasteiger partial charge in [-0.1, -0.05) is 24.3 Å². The van der Waals surface area contributed by atoms with Crippen molar-refractivity contribution in [3.8, 4) is 0 Å². The van der Waals surface area contributed by atoms with Crippen molar-refractivity contribution in [3.05, 3.63) is 59.7 Å². The largest absolute Gasteiger partial charge is 0.462 e. The molecule has 0 heterocycles. The lowest BCUT2D eigenvalue weighted by Gasteiger charge is -2.14. The molecule has 0 spiro atoms. The number of carbonyl (C=O) groups is 2. The maximum absolute atomic E-state index is 12.4. The van der Waals surface area contributed by atoms with Crippen LogP contribution in [0, 0.1) is 6.92 Å². The third-order valence-electron chi connectivity index (χ3n) is 3.43. The Morgan fingerprint density at radius 2 is 1.88 bits per heavy atom. The van der Waals surface area contributed by atoms with Crippen LogP contribution in [0.15, 0.2) is 53.4 Å². The van der Waals surface area contributed by atoms with E-state index in [4.69, 9.17) is 4.74 Å². The summed E-state index contributed by atoms with van der Waals surface area (Å²) >= 11 is 1.49. The van der Waals surface area contributed by atoms with E-state index >= 15 is 0 Å². The van der Waals surface area contributed by atoms with E-state index in [2.05, 4.69) is 5.32 Å². The van der Waals surface area contributed by atoms with Gasteiger partial charge in [-0.2, -0.15) is 0 Å². The zero-order valence-corrected chi connectivity index (χ0v) is 14.9. The molecule has 2 aromatic rings. The summed E-state index contributed by atoms with van der Waals surface area (Å²) in [6.07, 6.45) is 0. The number of amides is 1. The standard InChI is InChI=1S/C19H21NO3S/c1-4-23-19(22)15-11-10-13(2)17(12-15)20-18(21)14(3)24-16-8-6-5-7-9-16/h5-12,14H,4H2,1-3H3,(H,20,21). The first-order valence-corrected chi connectivity index (χ1v) is 8.69. The number of anilines is 1. The van der Waals surface area contributed by atoms with Crippen LogP contribution in [0.5, 0.6) is 0 Å². The van der Waals surface area contributed by atoms with Crippen molar-refractivity contribution in [2.45, 2.75) is 30.9 Å². The quantitative estimate of drug-likeness (QED) is 0.628. The number of ether oxygens (including phenoxy) is 1. The molecular formula is C19H21NO3S. The zero-order valence-electron chi connectivity index (χ0n) is 14.0. The molecule has 0 aromatic heterocycles. The van der Waals surface area contributed by atoms with Crippen molar-refractivity contribution in [1.29, 1.82) is 0 Å². The van der Waals surface area contributed by atoms with E-state index in [1.807, 2.05) is 44.2 Å². The number of aryl methyl sites for hydroxylation is 1. The summed E-state index contributed by atoms with van der Waals surface area (Å²) in [7, 11) is 0. The van der Waals surface area contributed by atoms with E-state index in [9.17, 15) is 9.59 Å². The monoisotopic (exact) mass is 343 g/mol. The topological polar surface area (TPSA) is 55.4 Å². The van der Waals surface area contributed by atoms with E-state index < -0.39 is 0 Å². The summed E-state index contributed by atoms with van der Waals surface area (Å²) in [5.74, 6) is -0.493. The average molecular weight is 343 g/mol. The molecule has 0 saturated heterocycles. The van der Waals surface area contributed by atoms with Crippen LogP contribution >= 0.6 is 11.8 Å². The number of thioether (sulfide) groups is 1. The average Bonchev–Trinajstić information content (AvgIpc) is 2.57. The summed E-state index contributed by atoms with van der Waals surface area (Å²) in [5.41, 5.74) is 1.96. The minimum atomic E-state index is -0.389. The number of esters is 1. The molecule has 1 N–H and O–H groups in total. The zero-order chi connectivity index (χ0) is 17.5. The molecule has 0 aliphatic carbocycles. The highest BCUT2D eigenvalue weighted by molar-refractivity contribution is 8.00. The first-order valence-electron chi connectivity index (χ1n) is 7.81. The Morgan fingerprint density at radius 3 is 2.54 bits per heavy atom. The minimum absolute atomic E-state index is 0.104. The van der Waals surface area contributed by atoms with E-state index in [-0.39, 0.29) is 17.1 Å². The van der Waals surface area contributed by atoms with Crippen LogP contribution in [-0.2, 0) is 9.53 Å². The Labute approximate surface area is 146 Å². The lowest BCUT2D eigenvalue weighted by atomic mass is 10.1. The molecule has 4 nitrogen and oxygen atoms in total. The van der Waals surface area contributed by atoms with Crippen molar-refractivity contribution >= 4 is 29.3 Å². The summed E-state index contributed by atoms with van der Waals surface area (Å²) in [6.45, 7) is 5.83. The van der Waals surface area contributed by atoms with Crippen molar-refractivity contribution in [2.75, 3.05) is 11.9 Å². The highest BCUT2D eigenvalue weighted by Crippen LogP contribution is 2.25. The third kappa shape index (κ3) is 4.86. The Balaban J connectivity index is 2.07. The van der Waals surface area contributed by atoms with Gasteiger partial charge in [0.15, 0.2) is 0 Å². The van der Waals surface area contributed by atoms with E-state index in [1.54, 1.807) is 25.1 Å². The van der Waals surface area contributed by atoms with Crippen molar-refractivity contribution in [3.63, 3.8) is 0 Å². The van der Waals surface area contributed by atoms with Crippen LogP contribution < -0.4 is 5.32 Å². The van der Waals surface area contributed by atoms with E-state index in [0.29, 0.717) is 17.9 Å². The van der Waals surface area contributed by atoms with Gasteiger partial charge >= 0.3 is 5.97 Å². The summed E-state index contributed by atoms with van der Waals surface area (Å²) < 4.78 is 5.00. The first kappa shape index (κ1) is 18.1. The number of nitrogens with one attached hydrogen (secondary N) is 1. The molecular weight excluding hydrogens is 322 g/mol. The second-order valence-corrected chi connectivity index (χ2v) is 6.73. The molecule has 1 amide bonds. The third-order valence-corrected chi connectivity index (χ3v) is 4.54. The second-order valence-electron chi connectivity index (χ2n) is 5.31. The van der Waals surface area contributed by atoms with Gasteiger partial charge in [0, 0.05) is 10.6 Å². The first-order chi connectivity index (χ1) is 11.5. The summed E-state index contributed by atoms with van der Waals surface area (Å²) in [5, 5.41) is 2.65. The lowest BCUT2D eigenvalue weighted by molar-refractivity contribution is -0.115. The number of carbonyl (C=O) groups excluding carboxylic acids is 2. The van der Waals surface area contributed by atoms with Crippen LogP contribution in [0.1, 0.15) is 29.8 Å². The predicted octanol–water partition coefficient (Wildman–Crippen LogP) is 4.29. The Hall–Kier alpha value is -2.27. The van der Waals surface area contributed by atoms with Gasteiger partial charge < -0.3 is 10.1 Å². The van der Waals surface area contributed by atoms with Gasteiger partial charge in [0.2, 0.25) is 5.91 Å². The van der Waals surface area contributed by atoms with Crippen LogP contribution in [0.2, 0.25) is 0 Å². The molecule has 0 aliphatic heterocycles. The molecule has 126 valence electrons. The van der Waals surface area contributed by atoms with Gasteiger partial charge in [-0.25, -0.2) is 4.79 Å². The Kier molecular flexibility index (Phi) is 6.44.